The maximum absolute atomic E-state index is 12.8. The van der Waals surface area contributed by atoms with Gasteiger partial charge in [0.2, 0.25) is 5.91 Å². The van der Waals surface area contributed by atoms with Gasteiger partial charge in [0.15, 0.2) is 0 Å². The fourth-order valence-electron chi connectivity index (χ4n) is 1.96. The number of halogens is 1. The number of nitrogens with one attached hydrogen (secondary N) is 1. The van der Waals surface area contributed by atoms with Gasteiger partial charge in [0.25, 0.3) is 0 Å². The van der Waals surface area contributed by atoms with Crippen LogP contribution in [0.1, 0.15) is 5.56 Å². The summed E-state index contributed by atoms with van der Waals surface area (Å²) < 4.78 is 14.4. The number of rotatable bonds is 4. The molecule has 0 atom stereocenters. The van der Waals surface area contributed by atoms with Gasteiger partial charge in [0.1, 0.15) is 5.82 Å². The molecule has 0 aliphatic carbocycles. The maximum Gasteiger partial charge on any atom is 0.248 e. The molecule has 5 nitrogen and oxygen atoms in total. The molecule has 0 radical (unpaired) electrons. The lowest BCUT2D eigenvalue weighted by molar-refractivity contribution is -0.111. The first kappa shape index (κ1) is 14.6. The van der Waals surface area contributed by atoms with Crippen LogP contribution in [0, 0.1) is 5.82 Å². The van der Waals surface area contributed by atoms with Crippen LogP contribution in [0.5, 0.6) is 0 Å². The molecule has 0 bridgehead atoms. The third kappa shape index (κ3) is 3.88. The van der Waals surface area contributed by atoms with E-state index in [1.807, 2.05) is 12.1 Å². The molecule has 2 aromatic heterocycles. The normalized spacial score (nSPS) is 10.8. The Labute approximate surface area is 132 Å². The maximum atomic E-state index is 12.8. The van der Waals surface area contributed by atoms with E-state index < -0.39 is 0 Å². The lowest BCUT2D eigenvalue weighted by atomic mass is 10.2. The average Bonchev–Trinajstić information content (AvgIpc) is 3.04. The molecule has 0 fully saturated rings. The van der Waals surface area contributed by atoms with Crippen molar-refractivity contribution in [3.63, 3.8) is 0 Å². The number of pyridine rings is 1. The highest BCUT2D eigenvalue weighted by Crippen LogP contribution is 2.11. The molecule has 23 heavy (non-hydrogen) atoms. The molecule has 0 saturated heterocycles. The summed E-state index contributed by atoms with van der Waals surface area (Å²) >= 11 is 0. The van der Waals surface area contributed by atoms with Crippen molar-refractivity contribution in [1.82, 2.24) is 14.8 Å². The minimum Gasteiger partial charge on any atom is -0.320 e. The Balaban J connectivity index is 1.64. The molecule has 0 spiro atoms. The molecule has 2 heterocycles. The standard InChI is InChI=1S/C17H13FN4O/c18-14-4-1-13(2-5-14)3-6-17(23)21-15-11-20-22(12-15)16-7-9-19-10-8-16/h1-12H,(H,21,23). The van der Waals surface area contributed by atoms with Crippen LogP contribution in [0.3, 0.4) is 0 Å². The van der Waals surface area contributed by atoms with Gasteiger partial charge in [-0.1, -0.05) is 12.1 Å². The topological polar surface area (TPSA) is 59.8 Å². The smallest absolute Gasteiger partial charge is 0.248 e. The van der Waals surface area contributed by atoms with E-state index in [9.17, 15) is 9.18 Å². The van der Waals surface area contributed by atoms with Crippen molar-refractivity contribution in [3.05, 3.63) is 78.6 Å². The lowest BCUT2D eigenvalue weighted by Crippen LogP contribution is -2.06. The second-order valence-corrected chi connectivity index (χ2v) is 4.75. The van der Waals surface area contributed by atoms with E-state index >= 15 is 0 Å². The molecular formula is C17H13FN4O. The Morgan fingerprint density at radius 3 is 2.61 bits per heavy atom. The van der Waals surface area contributed by atoms with E-state index in [0.717, 1.165) is 11.3 Å². The molecule has 1 aromatic carbocycles. The Hall–Kier alpha value is -3.28. The Kier molecular flexibility index (Phi) is 4.24. The molecule has 0 aliphatic heterocycles. The minimum absolute atomic E-state index is 0.288. The average molecular weight is 308 g/mol. The van der Waals surface area contributed by atoms with E-state index in [1.165, 1.54) is 18.2 Å². The first-order chi connectivity index (χ1) is 11.2. The van der Waals surface area contributed by atoms with E-state index in [-0.39, 0.29) is 11.7 Å². The molecule has 6 heteroatoms. The number of hydrogen-bond donors (Lipinski definition) is 1. The minimum atomic E-state index is -0.310. The van der Waals surface area contributed by atoms with Crippen molar-refractivity contribution in [2.24, 2.45) is 0 Å². The predicted molar refractivity (Wildman–Crippen MR) is 85.4 cm³/mol. The SMILES string of the molecule is O=C(C=Cc1ccc(F)cc1)Nc1cnn(-c2ccncc2)c1. The molecule has 3 rings (SSSR count). The predicted octanol–water partition coefficient (Wildman–Crippen LogP) is 3.06. The van der Waals surface area contributed by atoms with Gasteiger partial charge in [0, 0.05) is 18.5 Å². The fourth-order valence-corrected chi connectivity index (χ4v) is 1.96. The molecule has 0 unspecified atom stereocenters. The van der Waals surface area contributed by atoms with Gasteiger partial charge in [-0.15, -0.1) is 0 Å². The fraction of sp³-hybridized carbons (Fsp3) is 0. The van der Waals surface area contributed by atoms with Crippen molar-refractivity contribution in [3.8, 4) is 5.69 Å². The van der Waals surface area contributed by atoms with E-state index in [1.54, 1.807) is 47.7 Å². The van der Waals surface area contributed by atoms with E-state index in [2.05, 4.69) is 15.4 Å². The number of hydrogen-bond acceptors (Lipinski definition) is 3. The number of carbonyl (C=O) groups excluding carboxylic acids is 1. The van der Waals surface area contributed by atoms with Gasteiger partial charge in [0.05, 0.1) is 23.8 Å². The van der Waals surface area contributed by atoms with Crippen molar-refractivity contribution >= 4 is 17.7 Å². The van der Waals surface area contributed by atoms with Crippen LogP contribution in [0.15, 0.2) is 67.3 Å². The van der Waals surface area contributed by atoms with Crippen LogP contribution in [0.4, 0.5) is 10.1 Å². The van der Waals surface area contributed by atoms with Crippen LogP contribution in [0.25, 0.3) is 11.8 Å². The lowest BCUT2D eigenvalue weighted by Gasteiger charge is -1.99. The highest BCUT2D eigenvalue weighted by Gasteiger charge is 2.03. The second kappa shape index (κ2) is 6.65. The van der Waals surface area contributed by atoms with E-state index in [4.69, 9.17) is 0 Å². The summed E-state index contributed by atoms with van der Waals surface area (Å²) in [4.78, 5) is 15.8. The van der Waals surface area contributed by atoms with E-state index in [0.29, 0.717) is 5.69 Å². The summed E-state index contributed by atoms with van der Waals surface area (Å²) in [6.07, 6.45) is 9.60. The zero-order valence-corrected chi connectivity index (χ0v) is 12.1. The first-order valence-electron chi connectivity index (χ1n) is 6.90. The Morgan fingerprint density at radius 2 is 1.87 bits per heavy atom. The third-order valence-electron chi connectivity index (χ3n) is 3.07. The van der Waals surface area contributed by atoms with Crippen molar-refractivity contribution < 1.29 is 9.18 Å². The third-order valence-corrected chi connectivity index (χ3v) is 3.07. The number of aromatic nitrogens is 3. The van der Waals surface area contributed by atoms with Crippen LogP contribution >= 0.6 is 0 Å². The largest absolute Gasteiger partial charge is 0.320 e. The van der Waals surface area contributed by atoms with Crippen molar-refractivity contribution in [2.45, 2.75) is 0 Å². The number of carbonyl (C=O) groups is 1. The molecule has 3 aromatic rings. The van der Waals surface area contributed by atoms with Gasteiger partial charge in [-0.2, -0.15) is 5.10 Å². The summed E-state index contributed by atoms with van der Waals surface area (Å²) in [7, 11) is 0. The first-order valence-corrected chi connectivity index (χ1v) is 6.90. The van der Waals surface area contributed by atoms with Crippen molar-refractivity contribution in [2.75, 3.05) is 5.32 Å². The Bertz CT molecular complexity index is 825. The molecule has 0 saturated carbocycles. The number of anilines is 1. The molecule has 1 amide bonds. The van der Waals surface area contributed by atoms with Gasteiger partial charge in [-0.3, -0.25) is 9.78 Å². The second-order valence-electron chi connectivity index (χ2n) is 4.75. The van der Waals surface area contributed by atoms with Crippen LogP contribution in [-0.4, -0.2) is 20.7 Å². The summed E-state index contributed by atoms with van der Waals surface area (Å²) in [6, 6.07) is 9.51. The van der Waals surface area contributed by atoms with Gasteiger partial charge < -0.3 is 5.32 Å². The Morgan fingerprint density at radius 1 is 1.13 bits per heavy atom. The summed E-state index contributed by atoms with van der Waals surface area (Å²) in [6.45, 7) is 0. The van der Waals surface area contributed by atoms with Crippen molar-refractivity contribution in [1.29, 1.82) is 0 Å². The van der Waals surface area contributed by atoms with Gasteiger partial charge in [-0.25, -0.2) is 9.07 Å². The zero-order chi connectivity index (χ0) is 16.1. The monoisotopic (exact) mass is 308 g/mol. The molecule has 1 N–H and O–H groups in total. The quantitative estimate of drug-likeness (QED) is 0.754. The van der Waals surface area contributed by atoms with Crippen LogP contribution < -0.4 is 5.32 Å². The molecule has 0 aliphatic rings. The summed E-state index contributed by atoms with van der Waals surface area (Å²) in [5.74, 6) is -0.598. The number of nitrogens with zero attached hydrogens (tertiary/aromatic N) is 3. The van der Waals surface area contributed by atoms with Crippen LogP contribution in [-0.2, 0) is 4.79 Å². The van der Waals surface area contributed by atoms with Crippen LogP contribution in [0.2, 0.25) is 0 Å². The highest BCUT2D eigenvalue weighted by molar-refractivity contribution is 6.01. The molecule has 114 valence electrons. The molecular weight excluding hydrogens is 295 g/mol. The van der Waals surface area contributed by atoms with Gasteiger partial charge in [-0.05, 0) is 35.9 Å². The highest BCUT2D eigenvalue weighted by atomic mass is 19.1. The summed E-state index contributed by atoms with van der Waals surface area (Å²) in [5.41, 5.74) is 2.17. The number of benzene rings is 1. The zero-order valence-electron chi connectivity index (χ0n) is 12.1. The van der Waals surface area contributed by atoms with Gasteiger partial charge >= 0.3 is 0 Å². The number of amides is 1. The summed E-state index contributed by atoms with van der Waals surface area (Å²) in [5, 5.41) is 6.89.